The average Bonchev–Trinajstić information content (AvgIpc) is 3.24. The summed E-state index contributed by atoms with van der Waals surface area (Å²) in [5.41, 5.74) is 1.21. The molecule has 2 N–H and O–H groups in total. The van der Waals surface area contributed by atoms with Gasteiger partial charge in [0.15, 0.2) is 0 Å². The largest absolute Gasteiger partial charge is 0.373 e. The van der Waals surface area contributed by atoms with Gasteiger partial charge in [-0.1, -0.05) is 30.3 Å². The van der Waals surface area contributed by atoms with Crippen LogP contribution in [0.1, 0.15) is 24.4 Å². The Balaban J connectivity index is 1.85. The molecule has 1 aliphatic heterocycles. The van der Waals surface area contributed by atoms with E-state index in [-0.39, 0.29) is 16.6 Å². The Morgan fingerprint density at radius 2 is 1.79 bits per heavy atom. The number of sulfonamides is 1. The van der Waals surface area contributed by atoms with E-state index in [2.05, 4.69) is 5.32 Å². The van der Waals surface area contributed by atoms with Crippen molar-refractivity contribution in [1.82, 2.24) is 4.31 Å². The van der Waals surface area contributed by atoms with Crippen LogP contribution in [0.3, 0.4) is 0 Å². The first-order valence-electron chi connectivity index (χ1n) is 9.68. The lowest BCUT2D eigenvalue weighted by Crippen LogP contribution is -3.06. The number of nitrogens with one attached hydrogen (secondary N) is 2. The highest BCUT2D eigenvalue weighted by Gasteiger charge is 2.29. The smallest absolute Gasteiger partial charge is 0.293 e. The summed E-state index contributed by atoms with van der Waals surface area (Å²) in [5, 5.41) is 14.8. The third-order valence-corrected chi connectivity index (χ3v) is 7.16. The number of hydrogen-bond donors (Lipinski definition) is 2. The van der Waals surface area contributed by atoms with Gasteiger partial charge in [0.05, 0.1) is 30.5 Å². The quantitative estimate of drug-likeness (QED) is 0.501. The van der Waals surface area contributed by atoms with Gasteiger partial charge in [0.2, 0.25) is 10.0 Å². The van der Waals surface area contributed by atoms with E-state index in [9.17, 15) is 18.5 Å². The average molecular weight is 420 g/mol. The number of nitrogens with zero attached hydrogens (tertiary/aromatic N) is 2. The third kappa shape index (κ3) is 4.75. The number of benzene rings is 2. The molecule has 1 aliphatic rings. The molecule has 8 nitrogen and oxygen atoms in total. The zero-order valence-corrected chi connectivity index (χ0v) is 17.5. The van der Waals surface area contributed by atoms with E-state index < -0.39 is 14.9 Å². The van der Waals surface area contributed by atoms with Crippen LogP contribution in [0.25, 0.3) is 0 Å². The van der Waals surface area contributed by atoms with Gasteiger partial charge in [-0.3, -0.25) is 10.1 Å². The molecule has 0 spiro atoms. The number of likely N-dealkylation sites (N-methyl/N-ethyl adjacent to an activating group) is 1. The molecule has 1 atom stereocenters. The van der Waals surface area contributed by atoms with Gasteiger partial charge < -0.3 is 10.2 Å². The predicted molar refractivity (Wildman–Crippen MR) is 112 cm³/mol. The van der Waals surface area contributed by atoms with Crippen molar-refractivity contribution in [3.63, 3.8) is 0 Å². The summed E-state index contributed by atoms with van der Waals surface area (Å²) in [6.45, 7) is 1.40. The topological polar surface area (TPSA) is 97.0 Å². The molecule has 2 aromatic carbocycles. The standard InChI is InChI=1S/C20H26N4O4S/c1-22(2)20(16-8-4-3-5-9-16)15-21-18-11-10-17(14-19(18)24(25)26)29(27,28)23-12-6-7-13-23/h3-5,8-11,14,20-21H,6-7,12-13,15H2,1-2H3/p+1/t20-/m1/s1. The molecule has 0 unspecified atom stereocenters. The first kappa shape index (κ1) is 21.2. The molecule has 0 saturated carbocycles. The maximum Gasteiger partial charge on any atom is 0.293 e. The molecule has 0 aromatic heterocycles. The van der Waals surface area contributed by atoms with Gasteiger partial charge >= 0.3 is 0 Å². The van der Waals surface area contributed by atoms with Crippen molar-refractivity contribution in [1.29, 1.82) is 0 Å². The minimum Gasteiger partial charge on any atom is -0.373 e. The van der Waals surface area contributed by atoms with Crippen molar-refractivity contribution >= 4 is 21.4 Å². The predicted octanol–water partition coefficient (Wildman–Crippen LogP) is 1.68. The van der Waals surface area contributed by atoms with Gasteiger partial charge in [-0.05, 0) is 25.0 Å². The molecule has 0 aliphatic carbocycles. The molecule has 1 fully saturated rings. The lowest BCUT2D eigenvalue weighted by molar-refractivity contribution is -0.890. The van der Waals surface area contributed by atoms with Gasteiger partial charge in [-0.2, -0.15) is 4.31 Å². The molecule has 0 radical (unpaired) electrons. The molecule has 29 heavy (non-hydrogen) atoms. The maximum atomic E-state index is 12.7. The van der Waals surface area contributed by atoms with Crippen LogP contribution < -0.4 is 10.2 Å². The molecular formula is C20H27N4O4S+. The first-order chi connectivity index (χ1) is 13.8. The first-order valence-corrected chi connectivity index (χ1v) is 11.1. The number of hydrogen-bond acceptors (Lipinski definition) is 5. The van der Waals surface area contributed by atoms with Crippen LogP contribution in [0.5, 0.6) is 0 Å². The molecule has 9 heteroatoms. The minimum atomic E-state index is -3.70. The number of quaternary nitrogens is 1. The fourth-order valence-corrected chi connectivity index (χ4v) is 5.14. The molecule has 156 valence electrons. The fraction of sp³-hybridized carbons (Fsp3) is 0.400. The van der Waals surface area contributed by atoms with Crippen LogP contribution in [-0.2, 0) is 10.0 Å². The second-order valence-corrected chi connectivity index (χ2v) is 9.41. The summed E-state index contributed by atoms with van der Waals surface area (Å²) in [7, 11) is 0.352. The number of anilines is 1. The number of nitro groups is 1. The highest BCUT2D eigenvalue weighted by Crippen LogP contribution is 2.30. The van der Waals surface area contributed by atoms with E-state index in [1.807, 2.05) is 44.4 Å². The SMILES string of the molecule is C[NH+](C)[C@H](CNc1ccc(S(=O)(=O)N2CCCC2)cc1[N+](=O)[O-])c1ccccc1. The monoisotopic (exact) mass is 419 g/mol. The Hall–Kier alpha value is -2.49. The Morgan fingerprint density at radius 3 is 2.38 bits per heavy atom. The molecule has 2 aromatic rings. The van der Waals surface area contributed by atoms with Crippen LogP contribution in [0.15, 0.2) is 53.4 Å². The van der Waals surface area contributed by atoms with Crippen molar-refractivity contribution in [3.05, 3.63) is 64.2 Å². The molecule has 3 rings (SSSR count). The van der Waals surface area contributed by atoms with Crippen LogP contribution in [0, 0.1) is 10.1 Å². The summed E-state index contributed by atoms with van der Waals surface area (Å²) in [6, 6.07) is 14.1. The van der Waals surface area contributed by atoms with Crippen LogP contribution in [-0.4, -0.2) is 51.4 Å². The van der Waals surface area contributed by atoms with Crippen molar-refractivity contribution in [2.24, 2.45) is 0 Å². The number of nitro benzene ring substituents is 1. The highest BCUT2D eigenvalue weighted by atomic mass is 32.2. The normalized spacial score (nSPS) is 16.1. The van der Waals surface area contributed by atoms with Gasteiger partial charge in [0.25, 0.3) is 5.69 Å². The molecule has 1 saturated heterocycles. The maximum absolute atomic E-state index is 12.7. The lowest BCUT2D eigenvalue weighted by atomic mass is 10.1. The highest BCUT2D eigenvalue weighted by molar-refractivity contribution is 7.89. The molecule has 0 bridgehead atoms. The zero-order valence-electron chi connectivity index (χ0n) is 16.7. The van der Waals surface area contributed by atoms with Crippen LogP contribution >= 0.6 is 0 Å². The van der Waals surface area contributed by atoms with E-state index in [1.54, 1.807) is 0 Å². The van der Waals surface area contributed by atoms with Gasteiger partial charge in [-0.15, -0.1) is 0 Å². The summed E-state index contributed by atoms with van der Waals surface area (Å²) >= 11 is 0. The number of rotatable bonds is 8. The fourth-order valence-electron chi connectivity index (χ4n) is 3.60. The Bertz CT molecular complexity index is 958. The van der Waals surface area contributed by atoms with Gasteiger partial charge in [0, 0.05) is 24.7 Å². The third-order valence-electron chi connectivity index (χ3n) is 5.26. The van der Waals surface area contributed by atoms with E-state index in [0.29, 0.717) is 25.3 Å². The second-order valence-electron chi connectivity index (χ2n) is 7.47. The van der Waals surface area contributed by atoms with Crippen molar-refractivity contribution in [2.45, 2.75) is 23.8 Å². The van der Waals surface area contributed by atoms with E-state index in [1.165, 1.54) is 21.3 Å². The van der Waals surface area contributed by atoms with E-state index in [0.717, 1.165) is 24.5 Å². The lowest BCUT2D eigenvalue weighted by Gasteiger charge is -2.23. The van der Waals surface area contributed by atoms with Gasteiger partial charge in [-0.25, -0.2) is 8.42 Å². The molecule has 1 heterocycles. The second kappa shape index (κ2) is 8.89. The van der Waals surface area contributed by atoms with Crippen molar-refractivity contribution in [2.75, 3.05) is 39.0 Å². The Labute approximate surface area is 171 Å². The van der Waals surface area contributed by atoms with Gasteiger partial charge in [0.1, 0.15) is 11.7 Å². The van der Waals surface area contributed by atoms with Crippen molar-refractivity contribution in [3.8, 4) is 0 Å². The summed E-state index contributed by atoms with van der Waals surface area (Å²) in [5.74, 6) is 0. The summed E-state index contributed by atoms with van der Waals surface area (Å²) in [6.07, 6.45) is 1.63. The van der Waals surface area contributed by atoms with Crippen LogP contribution in [0.2, 0.25) is 0 Å². The van der Waals surface area contributed by atoms with E-state index >= 15 is 0 Å². The molecule has 0 amide bonds. The zero-order chi connectivity index (χ0) is 21.0. The summed E-state index contributed by atoms with van der Waals surface area (Å²) in [4.78, 5) is 12.2. The summed E-state index contributed by atoms with van der Waals surface area (Å²) < 4.78 is 26.9. The minimum absolute atomic E-state index is 0.0329. The Kier molecular flexibility index (Phi) is 6.51. The Morgan fingerprint density at radius 1 is 1.14 bits per heavy atom. The molecular weight excluding hydrogens is 392 g/mol. The van der Waals surface area contributed by atoms with E-state index in [4.69, 9.17) is 0 Å². The van der Waals surface area contributed by atoms with Crippen molar-refractivity contribution < 1.29 is 18.2 Å². The van der Waals surface area contributed by atoms with Crippen LogP contribution in [0.4, 0.5) is 11.4 Å².